The molecule has 21 heavy (non-hydrogen) atoms. The quantitative estimate of drug-likeness (QED) is 0.918. The molecule has 3 aliphatic rings. The Labute approximate surface area is 132 Å². The lowest BCUT2D eigenvalue weighted by Gasteiger charge is -2.41. The van der Waals surface area contributed by atoms with Gasteiger partial charge in [0.05, 0.1) is 0 Å². The van der Waals surface area contributed by atoms with E-state index in [-0.39, 0.29) is 0 Å². The topological polar surface area (TPSA) is 15.3 Å². The van der Waals surface area contributed by atoms with Crippen molar-refractivity contribution in [1.82, 2.24) is 10.2 Å². The number of hydrogen-bond acceptors (Lipinski definition) is 3. The lowest BCUT2D eigenvalue weighted by molar-refractivity contribution is 0.114. The summed E-state index contributed by atoms with van der Waals surface area (Å²) in [6.07, 6.45) is 4.17. The molecule has 1 aliphatic carbocycles. The van der Waals surface area contributed by atoms with E-state index >= 15 is 0 Å². The van der Waals surface area contributed by atoms with E-state index in [9.17, 15) is 0 Å². The SMILES string of the molecule is CCC1CNC(C2CC2)CN1CC1CSc2ccccc21. The van der Waals surface area contributed by atoms with Crippen LogP contribution in [0.25, 0.3) is 0 Å². The first-order valence-corrected chi connectivity index (χ1v) is 9.53. The summed E-state index contributed by atoms with van der Waals surface area (Å²) in [5.41, 5.74) is 1.60. The molecule has 3 unspecified atom stereocenters. The monoisotopic (exact) mass is 302 g/mol. The third kappa shape index (κ3) is 2.88. The normalized spacial score (nSPS) is 33.1. The summed E-state index contributed by atoms with van der Waals surface area (Å²) in [7, 11) is 0. The van der Waals surface area contributed by atoms with Gasteiger partial charge in [0.2, 0.25) is 0 Å². The van der Waals surface area contributed by atoms with Crippen LogP contribution in [-0.2, 0) is 0 Å². The number of nitrogens with zero attached hydrogens (tertiary/aromatic N) is 1. The molecule has 1 aromatic carbocycles. The Hall–Kier alpha value is -0.510. The molecule has 1 N–H and O–H groups in total. The number of fused-ring (bicyclic) bond motifs is 1. The van der Waals surface area contributed by atoms with Crippen molar-refractivity contribution in [3.8, 4) is 0 Å². The Morgan fingerprint density at radius 2 is 2.14 bits per heavy atom. The summed E-state index contributed by atoms with van der Waals surface area (Å²) in [5, 5.41) is 3.81. The average Bonchev–Trinajstić information content (AvgIpc) is 3.30. The van der Waals surface area contributed by atoms with Gasteiger partial charge in [-0.1, -0.05) is 25.1 Å². The van der Waals surface area contributed by atoms with Crippen LogP contribution in [-0.4, -0.2) is 42.4 Å². The van der Waals surface area contributed by atoms with E-state index in [0.717, 1.165) is 23.9 Å². The van der Waals surface area contributed by atoms with Crippen LogP contribution in [0.3, 0.4) is 0 Å². The third-order valence-corrected chi connectivity index (χ3v) is 6.73. The Bertz CT molecular complexity index is 500. The highest BCUT2D eigenvalue weighted by atomic mass is 32.2. The van der Waals surface area contributed by atoms with Gasteiger partial charge in [0.1, 0.15) is 0 Å². The zero-order valence-electron chi connectivity index (χ0n) is 12.9. The molecular formula is C18H26N2S. The van der Waals surface area contributed by atoms with Gasteiger partial charge in [-0.2, -0.15) is 0 Å². The minimum absolute atomic E-state index is 0.734. The minimum atomic E-state index is 0.734. The molecule has 0 bridgehead atoms. The van der Waals surface area contributed by atoms with E-state index in [2.05, 4.69) is 53.2 Å². The highest BCUT2D eigenvalue weighted by molar-refractivity contribution is 7.99. The lowest BCUT2D eigenvalue weighted by atomic mass is 9.97. The Kier molecular flexibility index (Phi) is 3.99. The van der Waals surface area contributed by atoms with E-state index in [1.165, 1.54) is 49.5 Å². The predicted octanol–water partition coefficient (Wildman–Crippen LogP) is 3.34. The first-order chi connectivity index (χ1) is 10.3. The minimum Gasteiger partial charge on any atom is -0.311 e. The summed E-state index contributed by atoms with van der Waals surface area (Å²) >= 11 is 2.05. The van der Waals surface area contributed by atoms with E-state index < -0.39 is 0 Å². The van der Waals surface area contributed by atoms with E-state index in [0.29, 0.717) is 0 Å². The van der Waals surface area contributed by atoms with Crippen LogP contribution < -0.4 is 5.32 Å². The third-order valence-electron chi connectivity index (χ3n) is 5.48. The fraction of sp³-hybridized carbons (Fsp3) is 0.667. The van der Waals surface area contributed by atoms with Crippen LogP contribution in [0.5, 0.6) is 0 Å². The highest BCUT2D eigenvalue weighted by Crippen LogP contribution is 2.40. The second kappa shape index (κ2) is 5.94. The summed E-state index contributed by atoms with van der Waals surface area (Å²) in [4.78, 5) is 4.32. The smallest absolute Gasteiger partial charge is 0.0224 e. The second-order valence-electron chi connectivity index (χ2n) is 6.91. The Morgan fingerprint density at radius 3 is 2.95 bits per heavy atom. The van der Waals surface area contributed by atoms with Gasteiger partial charge in [-0.25, -0.2) is 0 Å². The zero-order chi connectivity index (χ0) is 14.2. The first kappa shape index (κ1) is 14.1. The zero-order valence-corrected chi connectivity index (χ0v) is 13.7. The van der Waals surface area contributed by atoms with Gasteiger partial charge in [-0.3, -0.25) is 4.90 Å². The summed E-state index contributed by atoms with van der Waals surface area (Å²) in [6, 6.07) is 10.5. The molecule has 1 saturated heterocycles. The van der Waals surface area contributed by atoms with Crippen molar-refractivity contribution in [3.05, 3.63) is 29.8 Å². The lowest BCUT2D eigenvalue weighted by Crippen LogP contribution is -2.57. The predicted molar refractivity (Wildman–Crippen MR) is 90.1 cm³/mol. The van der Waals surface area contributed by atoms with Crippen LogP contribution in [0.4, 0.5) is 0 Å². The largest absolute Gasteiger partial charge is 0.311 e. The fourth-order valence-electron chi connectivity index (χ4n) is 3.99. The number of piperazine rings is 1. The molecule has 1 aromatic rings. The summed E-state index contributed by atoms with van der Waals surface area (Å²) in [5.74, 6) is 2.97. The molecule has 0 amide bonds. The van der Waals surface area contributed by atoms with Gasteiger partial charge in [0, 0.05) is 48.3 Å². The van der Waals surface area contributed by atoms with E-state index in [1.54, 1.807) is 5.56 Å². The number of nitrogens with one attached hydrogen (secondary N) is 1. The number of rotatable bonds is 4. The molecule has 0 radical (unpaired) electrons. The van der Waals surface area contributed by atoms with E-state index in [1.807, 2.05) is 0 Å². The molecule has 0 spiro atoms. The van der Waals surface area contributed by atoms with Gasteiger partial charge >= 0.3 is 0 Å². The van der Waals surface area contributed by atoms with Gasteiger partial charge < -0.3 is 5.32 Å². The van der Waals surface area contributed by atoms with Crippen molar-refractivity contribution in [2.45, 2.75) is 49.1 Å². The van der Waals surface area contributed by atoms with Crippen molar-refractivity contribution in [2.24, 2.45) is 5.92 Å². The molecule has 1 saturated carbocycles. The number of benzene rings is 1. The molecule has 3 heteroatoms. The van der Waals surface area contributed by atoms with Crippen molar-refractivity contribution in [2.75, 3.05) is 25.4 Å². The molecule has 2 nitrogen and oxygen atoms in total. The molecule has 0 aromatic heterocycles. The van der Waals surface area contributed by atoms with Crippen molar-refractivity contribution in [3.63, 3.8) is 0 Å². The van der Waals surface area contributed by atoms with Gasteiger partial charge in [-0.05, 0) is 36.8 Å². The maximum atomic E-state index is 3.81. The Balaban J connectivity index is 1.46. The van der Waals surface area contributed by atoms with Crippen molar-refractivity contribution in [1.29, 1.82) is 0 Å². The molecule has 4 rings (SSSR count). The molecular weight excluding hydrogens is 276 g/mol. The highest BCUT2D eigenvalue weighted by Gasteiger charge is 2.38. The maximum absolute atomic E-state index is 3.81. The van der Waals surface area contributed by atoms with Gasteiger partial charge in [0.15, 0.2) is 0 Å². The molecule has 3 atom stereocenters. The molecule has 2 heterocycles. The summed E-state index contributed by atoms with van der Waals surface area (Å²) < 4.78 is 0. The summed E-state index contributed by atoms with van der Waals surface area (Å²) in [6.45, 7) is 6.06. The van der Waals surface area contributed by atoms with Gasteiger partial charge in [-0.15, -0.1) is 11.8 Å². The van der Waals surface area contributed by atoms with E-state index in [4.69, 9.17) is 0 Å². The Morgan fingerprint density at radius 1 is 1.29 bits per heavy atom. The van der Waals surface area contributed by atoms with Crippen molar-refractivity contribution < 1.29 is 0 Å². The molecule has 2 aliphatic heterocycles. The second-order valence-corrected chi connectivity index (χ2v) is 7.98. The number of hydrogen-bond donors (Lipinski definition) is 1. The maximum Gasteiger partial charge on any atom is 0.0224 e. The van der Waals surface area contributed by atoms with Crippen molar-refractivity contribution >= 4 is 11.8 Å². The fourth-order valence-corrected chi connectivity index (χ4v) is 5.23. The van der Waals surface area contributed by atoms with Crippen LogP contribution in [0.1, 0.15) is 37.7 Å². The van der Waals surface area contributed by atoms with Crippen LogP contribution in [0.15, 0.2) is 29.2 Å². The van der Waals surface area contributed by atoms with Crippen LogP contribution >= 0.6 is 11.8 Å². The molecule has 114 valence electrons. The van der Waals surface area contributed by atoms with Crippen LogP contribution in [0, 0.1) is 5.92 Å². The van der Waals surface area contributed by atoms with Crippen LogP contribution in [0.2, 0.25) is 0 Å². The standard InChI is InChI=1S/C18H26N2S/c1-2-15-9-19-17(13-7-8-13)11-20(15)10-14-12-21-18-6-4-3-5-16(14)18/h3-6,13-15,17,19H,2,7-12H2,1H3. The average molecular weight is 302 g/mol. The van der Waals surface area contributed by atoms with Gasteiger partial charge in [0.25, 0.3) is 0 Å². The number of thioether (sulfide) groups is 1. The first-order valence-electron chi connectivity index (χ1n) is 8.54. The molecule has 2 fully saturated rings.